The Balaban J connectivity index is 0.000000696. The molecule has 3 aromatic carbocycles. The number of aryl methyl sites for hydroxylation is 3. The summed E-state index contributed by atoms with van der Waals surface area (Å²) in [6.45, 7) is 8.27. The third kappa shape index (κ3) is 8.74. The van der Waals surface area contributed by atoms with Gasteiger partial charge in [0.2, 0.25) is 0 Å². The maximum absolute atomic E-state index is 9.26. The van der Waals surface area contributed by atoms with Crippen molar-refractivity contribution in [1.29, 1.82) is 0 Å². The molecular formula is C30H38O2S. The summed E-state index contributed by atoms with van der Waals surface area (Å²) in [5.41, 5.74) is 4.31. The highest BCUT2D eigenvalue weighted by atomic mass is 32.2. The highest BCUT2D eigenvalue weighted by Gasteiger charge is 2.28. The van der Waals surface area contributed by atoms with Crippen LogP contribution in [0.4, 0.5) is 0 Å². The molecule has 3 aromatic rings. The van der Waals surface area contributed by atoms with Gasteiger partial charge in [-0.3, -0.25) is 0 Å². The van der Waals surface area contributed by atoms with Crippen LogP contribution in [0.5, 0.6) is 0 Å². The minimum atomic E-state index is -0.995. The summed E-state index contributed by atoms with van der Waals surface area (Å²) >= 11 is 0. The number of hydrogen-bond donors (Lipinski definition) is 0. The molecule has 0 saturated heterocycles. The molecule has 0 aliphatic heterocycles. The van der Waals surface area contributed by atoms with Crippen LogP contribution in [0.2, 0.25) is 0 Å². The summed E-state index contributed by atoms with van der Waals surface area (Å²) < 4.78 is 0. The van der Waals surface area contributed by atoms with Gasteiger partial charge in [-0.2, -0.15) is 0 Å². The number of hydrogen-bond acceptors (Lipinski definition) is 2. The van der Waals surface area contributed by atoms with Crippen LogP contribution in [0.1, 0.15) is 70.1 Å². The molecule has 0 unspecified atom stereocenters. The van der Waals surface area contributed by atoms with E-state index < -0.39 is 5.97 Å². The Morgan fingerprint density at radius 2 is 0.818 bits per heavy atom. The Hall–Kier alpha value is -2.52. The topological polar surface area (TPSA) is 40.1 Å². The molecule has 3 rings (SSSR count). The van der Waals surface area contributed by atoms with Crippen LogP contribution < -0.4 is 5.11 Å². The quantitative estimate of drug-likeness (QED) is 0.311. The number of rotatable bonds is 10. The van der Waals surface area contributed by atoms with Crippen molar-refractivity contribution in [3.05, 3.63) is 89.5 Å². The number of carboxylic acid groups (broad SMARTS) is 1. The van der Waals surface area contributed by atoms with E-state index in [9.17, 15) is 9.90 Å². The van der Waals surface area contributed by atoms with Crippen LogP contribution >= 0.6 is 0 Å². The van der Waals surface area contributed by atoms with E-state index in [4.69, 9.17) is 0 Å². The molecule has 0 atom stereocenters. The highest BCUT2D eigenvalue weighted by molar-refractivity contribution is 7.97. The van der Waals surface area contributed by atoms with Crippen molar-refractivity contribution in [3.63, 3.8) is 0 Å². The third-order valence-electron chi connectivity index (χ3n) is 5.38. The number of carbonyl (C=O) groups excluding carboxylic acids is 1. The summed E-state index contributed by atoms with van der Waals surface area (Å²) in [6, 6.07) is 27.9. The first-order valence-electron chi connectivity index (χ1n) is 12.2. The lowest BCUT2D eigenvalue weighted by Crippen LogP contribution is -2.19. The largest absolute Gasteiger partial charge is 0.550 e. The standard InChI is InChI=1S/C27H33S.C3H6O2/c1-4-7-22-10-16-25(17-11-22)28(26-18-12-23(8-5-2)13-19-26)27-20-14-24(9-6-3)15-21-27;1-2-3(4)5/h10-21H,4-9H2,1-3H3;2H2,1H3,(H,4,5)/q+1;/p-1. The minimum absolute atomic E-state index is 0.0512. The summed E-state index contributed by atoms with van der Waals surface area (Å²) in [4.78, 5) is 13.5. The van der Waals surface area contributed by atoms with E-state index >= 15 is 0 Å². The number of carboxylic acids is 1. The van der Waals surface area contributed by atoms with Crippen LogP contribution in [0, 0.1) is 0 Å². The van der Waals surface area contributed by atoms with Crippen molar-refractivity contribution in [3.8, 4) is 0 Å². The van der Waals surface area contributed by atoms with Gasteiger partial charge in [-0.15, -0.1) is 0 Å². The van der Waals surface area contributed by atoms with Gasteiger partial charge >= 0.3 is 0 Å². The highest BCUT2D eigenvalue weighted by Crippen LogP contribution is 2.32. The van der Waals surface area contributed by atoms with Crippen LogP contribution in [0.15, 0.2) is 87.5 Å². The van der Waals surface area contributed by atoms with Crippen molar-refractivity contribution in [2.24, 2.45) is 0 Å². The molecule has 0 fully saturated rings. The van der Waals surface area contributed by atoms with Gasteiger partial charge in [0, 0.05) is 5.97 Å². The Kier molecular flexibility index (Phi) is 11.8. The van der Waals surface area contributed by atoms with Crippen molar-refractivity contribution < 1.29 is 9.90 Å². The van der Waals surface area contributed by atoms with Gasteiger partial charge < -0.3 is 9.90 Å². The molecule has 0 spiro atoms. The first kappa shape index (κ1) is 26.7. The molecule has 0 amide bonds. The first-order valence-corrected chi connectivity index (χ1v) is 13.5. The average Bonchev–Trinajstić information content (AvgIpc) is 2.83. The second-order valence-corrected chi connectivity index (χ2v) is 10.2. The van der Waals surface area contributed by atoms with E-state index in [-0.39, 0.29) is 17.3 Å². The Labute approximate surface area is 203 Å². The molecule has 3 heteroatoms. The monoisotopic (exact) mass is 462 g/mol. The second-order valence-electron chi connectivity index (χ2n) is 8.21. The number of benzene rings is 3. The van der Waals surface area contributed by atoms with E-state index in [1.54, 1.807) is 0 Å². The molecule has 0 heterocycles. The maximum atomic E-state index is 9.26. The average molecular weight is 463 g/mol. The summed E-state index contributed by atoms with van der Waals surface area (Å²) in [7, 11) is -0.0512. The Morgan fingerprint density at radius 3 is 1.00 bits per heavy atom. The molecule has 0 saturated carbocycles. The predicted octanol–water partition coefficient (Wildman–Crippen LogP) is 6.79. The van der Waals surface area contributed by atoms with E-state index in [2.05, 4.69) is 93.6 Å². The van der Waals surface area contributed by atoms with Gasteiger partial charge in [0.15, 0.2) is 14.7 Å². The molecule has 0 bridgehead atoms. The number of aliphatic carboxylic acids is 1. The molecule has 2 nitrogen and oxygen atoms in total. The predicted molar refractivity (Wildman–Crippen MR) is 139 cm³/mol. The van der Waals surface area contributed by atoms with E-state index in [1.165, 1.54) is 57.6 Å². The van der Waals surface area contributed by atoms with E-state index in [0.717, 1.165) is 19.3 Å². The lowest BCUT2D eigenvalue weighted by Gasteiger charge is -2.10. The third-order valence-corrected chi connectivity index (χ3v) is 7.61. The van der Waals surface area contributed by atoms with E-state index in [1.807, 2.05) is 0 Å². The van der Waals surface area contributed by atoms with Crippen molar-refractivity contribution in [2.75, 3.05) is 0 Å². The second kappa shape index (κ2) is 14.6. The SMILES string of the molecule is CCC(=O)[O-].CCCc1ccc([S+](c2ccc(CCC)cc2)c2ccc(CCC)cc2)cc1. The van der Waals surface area contributed by atoms with Gasteiger partial charge in [0.1, 0.15) is 0 Å². The van der Waals surface area contributed by atoms with Crippen LogP contribution in [-0.4, -0.2) is 5.97 Å². The molecule has 0 N–H and O–H groups in total. The van der Waals surface area contributed by atoms with Gasteiger partial charge in [0.05, 0.1) is 10.9 Å². The van der Waals surface area contributed by atoms with Crippen molar-refractivity contribution in [2.45, 2.75) is 87.3 Å². The fourth-order valence-corrected chi connectivity index (χ4v) is 5.69. The molecule has 0 radical (unpaired) electrons. The molecule has 33 heavy (non-hydrogen) atoms. The molecule has 0 aliphatic carbocycles. The smallest absolute Gasteiger partial charge is 0.166 e. The minimum Gasteiger partial charge on any atom is -0.550 e. The zero-order valence-corrected chi connectivity index (χ0v) is 21.4. The fourth-order valence-electron chi connectivity index (χ4n) is 3.65. The zero-order valence-electron chi connectivity index (χ0n) is 20.6. The molecule has 0 aliphatic rings. The summed E-state index contributed by atoms with van der Waals surface area (Å²) in [5.74, 6) is -0.995. The summed E-state index contributed by atoms with van der Waals surface area (Å²) in [5, 5.41) is 9.26. The Bertz CT molecular complexity index is 826. The lowest BCUT2D eigenvalue weighted by molar-refractivity contribution is -0.305. The maximum Gasteiger partial charge on any atom is 0.166 e. The fraction of sp³-hybridized carbons (Fsp3) is 0.367. The zero-order chi connectivity index (χ0) is 24.1. The Morgan fingerprint density at radius 1 is 0.576 bits per heavy atom. The lowest BCUT2D eigenvalue weighted by atomic mass is 10.1. The summed E-state index contributed by atoms with van der Waals surface area (Å²) in [6.07, 6.45) is 7.18. The van der Waals surface area contributed by atoms with Crippen LogP contribution in [0.3, 0.4) is 0 Å². The number of carbonyl (C=O) groups is 1. The normalized spacial score (nSPS) is 10.6. The van der Waals surface area contributed by atoms with Crippen molar-refractivity contribution in [1.82, 2.24) is 0 Å². The van der Waals surface area contributed by atoms with E-state index in [0.29, 0.717) is 0 Å². The van der Waals surface area contributed by atoms with Gasteiger partial charge in [0.25, 0.3) is 0 Å². The molecular weight excluding hydrogens is 424 g/mol. The van der Waals surface area contributed by atoms with Crippen LogP contribution in [0.25, 0.3) is 0 Å². The molecule has 176 valence electrons. The van der Waals surface area contributed by atoms with Crippen LogP contribution in [-0.2, 0) is 35.0 Å². The van der Waals surface area contributed by atoms with Crippen molar-refractivity contribution >= 4 is 16.9 Å². The van der Waals surface area contributed by atoms with Gasteiger partial charge in [-0.1, -0.05) is 83.4 Å². The first-order chi connectivity index (χ1) is 16.0. The van der Waals surface area contributed by atoms with Gasteiger partial charge in [-0.25, -0.2) is 0 Å². The molecule has 0 aromatic heterocycles. The van der Waals surface area contributed by atoms with Gasteiger partial charge in [-0.05, 0) is 78.8 Å².